The van der Waals surface area contributed by atoms with E-state index in [0.29, 0.717) is 6.42 Å². The van der Waals surface area contributed by atoms with Crippen molar-refractivity contribution in [2.24, 2.45) is 0 Å². The Labute approximate surface area is 131 Å². The molecule has 1 saturated carbocycles. The van der Waals surface area contributed by atoms with Crippen LogP contribution in [-0.4, -0.2) is 5.78 Å². The van der Waals surface area contributed by atoms with Crippen LogP contribution in [0.15, 0.2) is 66.4 Å². The van der Waals surface area contributed by atoms with Gasteiger partial charge < -0.3 is 10.6 Å². The number of allylic oxidation sites excluding steroid dienone is 1. The third kappa shape index (κ3) is 3.76. The highest BCUT2D eigenvalue weighted by molar-refractivity contribution is 5.96. The Hall–Kier alpha value is -2.55. The van der Waals surface area contributed by atoms with Crippen molar-refractivity contribution < 1.29 is 4.79 Å². The molecule has 22 heavy (non-hydrogen) atoms. The Bertz CT molecular complexity index is 660. The third-order valence-corrected chi connectivity index (χ3v) is 3.82. The molecule has 0 saturated heterocycles. The van der Waals surface area contributed by atoms with Crippen molar-refractivity contribution in [3.8, 4) is 0 Å². The maximum atomic E-state index is 11.8. The van der Waals surface area contributed by atoms with Crippen LogP contribution in [0.2, 0.25) is 0 Å². The minimum Gasteiger partial charge on any atom is -0.361 e. The average Bonchev–Trinajstić information content (AvgIpc) is 2.56. The normalized spacial score (nSPS) is 16.5. The number of ketones is 1. The minimum absolute atomic E-state index is 0.279. The standard InChI is InChI=1S/C19H20N2O/c22-19-9-5-4-6-15(19)14-20-16-10-12-18(13-11-16)21-17-7-2-1-3-8-17/h1-3,7-8,10-14,20-21H,4-6,9H2/b15-14+. The summed E-state index contributed by atoms with van der Waals surface area (Å²) in [5.41, 5.74) is 4.01. The Morgan fingerprint density at radius 1 is 0.773 bits per heavy atom. The van der Waals surface area contributed by atoms with Crippen LogP contribution >= 0.6 is 0 Å². The monoisotopic (exact) mass is 292 g/mol. The third-order valence-electron chi connectivity index (χ3n) is 3.82. The molecule has 0 aromatic heterocycles. The van der Waals surface area contributed by atoms with E-state index in [2.05, 4.69) is 10.6 Å². The summed E-state index contributed by atoms with van der Waals surface area (Å²) in [6.45, 7) is 0. The fourth-order valence-corrected chi connectivity index (χ4v) is 2.56. The number of Topliss-reactive ketones (excluding diaryl/α,β-unsaturated/α-hetero) is 1. The largest absolute Gasteiger partial charge is 0.361 e. The number of carbonyl (C=O) groups is 1. The van der Waals surface area contributed by atoms with Crippen LogP contribution in [0, 0.1) is 0 Å². The number of hydrogen-bond donors (Lipinski definition) is 2. The number of nitrogens with one attached hydrogen (secondary N) is 2. The molecular formula is C19H20N2O. The van der Waals surface area contributed by atoms with E-state index in [0.717, 1.165) is 41.9 Å². The summed E-state index contributed by atoms with van der Waals surface area (Å²) in [7, 11) is 0. The van der Waals surface area contributed by atoms with Crippen LogP contribution in [-0.2, 0) is 4.79 Å². The van der Waals surface area contributed by atoms with Crippen molar-refractivity contribution in [1.82, 2.24) is 0 Å². The lowest BCUT2D eigenvalue weighted by molar-refractivity contribution is -0.116. The maximum absolute atomic E-state index is 11.8. The van der Waals surface area contributed by atoms with Crippen molar-refractivity contribution in [3.63, 3.8) is 0 Å². The first kappa shape index (κ1) is 14.4. The van der Waals surface area contributed by atoms with E-state index in [1.54, 1.807) is 0 Å². The summed E-state index contributed by atoms with van der Waals surface area (Å²) in [4.78, 5) is 11.8. The zero-order valence-corrected chi connectivity index (χ0v) is 12.5. The molecular weight excluding hydrogens is 272 g/mol. The SMILES string of the molecule is O=C1CCCC/C1=C\Nc1ccc(Nc2ccccc2)cc1. The second kappa shape index (κ2) is 6.94. The summed E-state index contributed by atoms with van der Waals surface area (Å²) in [5.74, 6) is 0.279. The summed E-state index contributed by atoms with van der Waals surface area (Å²) in [6, 6.07) is 18.1. The molecule has 0 amide bonds. The summed E-state index contributed by atoms with van der Waals surface area (Å²) in [5, 5.41) is 6.57. The quantitative estimate of drug-likeness (QED) is 0.790. The van der Waals surface area contributed by atoms with Crippen LogP contribution < -0.4 is 10.6 Å². The number of anilines is 3. The van der Waals surface area contributed by atoms with Gasteiger partial charge in [0.2, 0.25) is 0 Å². The first-order valence-electron chi connectivity index (χ1n) is 7.72. The van der Waals surface area contributed by atoms with Gasteiger partial charge in [-0.1, -0.05) is 18.2 Å². The van der Waals surface area contributed by atoms with E-state index < -0.39 is 0 Å². The van der Waals surface area contributed by atoms with Gasteiger partial charge in [-0.25, -0.2) is 0 Å². The number of carbonyl (C=O) groups excluding carboxylic acids is 1. The molecule has 1 aliphatic rings. The molecule has 0 bridgehead atoms. The van der Waals surface area contributed by atoms with Crippen LogP contribution in [0.3, 0.4) is 0 Å². The van der Waals surface area contributed by atoms with Gasteiger partial charge in [-0.05, 0) is 55.7 Å². The molecule has 3 nitrogen and oxygen atoms in total. The summed E-state index contributed by atoms with van der Waals surface area (Å²) >= 11 is 0. The van der Waals surface area contributed by atoms with Gasteiger partial charge in [-0.2, -0.15) is 0 Å². The molecule has 112 valence electrons. The highest BCUT2D eigenvalue weighted by Gasteiger charge is 2.14. The highest BCUT2D eigenvalue weighted by atomic mass is 16.1. The van der Waals surface area contributed by atoms with Gasteiger partial charge >= 0.3 is 0 Å². The summed E-state index contributed by atoms with van der Waals surface area (Å²) in [6.07, 6.45) is 5.57. The van der Waals surface area contributed by atoms with Crippen molar-refractivity contribution >= 4 is 22.8 Å². The van der Waals surface area contributed by atoms with E-state index in [1.807, 2.05) is 60.8 Å². The van der Waals surface area contributed by atoms with Gasteiger partial charge in [-0.3, -0.25) is 4.79 Å². The van der Waals surface area contributed by atoms with E-state index in [-0.39, 0.29) is 5.78 Å². The fraction of sp³-hybridized carbons (Fsp3) is 0.211. The predicted octanol–water partition coefficient (Wildman–Crippen LogP) is 4.87. The predicted molar refractivity (Wildman–Crippen MR) is 91.3 cm³/mol. The number of hydrogen-bond acceptors (Lipinski definition) is 3. The second-order valence-electron chi connectivity index (χ2n) is 5.51. The second-order valence-corrected chi connectivity index (χ2v) is 5.51. The molecule has 1 fully saturated rings. The molecule has 0 atom stereocenters. The molecule has 0 radical (unpaired) electrons. The Balaban J connectivity index is 1.62. The summed E-state index contributed by atoms with van der Waals surface area (Å²) < 4.78 is 0. The zero-order chi connectivity index (χ0) is 15.2. The first-order chi connectivity index (χ1) is 10.8. The van der Waals surface area contributed by atoms with Crippen molar-refractivity contribution in [2.75, 3.05) is 10.6 Å². The molecule has 3 heteroatoms. The van der Waals surface area contributed by atoms with Gasteiger partial charge in [0.15, 0.2) is 5.78 Å². The molecule has 2 N–H and O–H groups in total. The Morgan fingerprint density at radius 3 is 2.14 bits per heavy atom. The number of rotatable bonds is 4. The van der Waals surface area contributed by atoms with Gasteiger partial charge in [0.05, 0.1) is 0 Å². The van der Waals surface area contributed by atoms with Crippen LogP contribution in [0.4, 0.5) is 17.1 Å². The Morgan fingerprint density at radius 2 is 1.41 bits per heavy atom. The molecule has 2 aromatic rings. The lowest BCUT2D eigenvalue weighted by Crippen LogP contribution is -2.09. The van der Waals surface area contributed by atoms with Crippen molar-refractivity contribution in [2.45, 2.75) is 25.7 Å². The maximum Gasteiger partial charge on any atom is 0.160 e. The molecule has 2 aromatic carbocycles. The average molecular weight is 292 g/mol. The molecule has 0 spiro atoms. The number of benzene rings is 2. The van der Waals surface area contributed by atoms with Crippen LogP contribution in [0.25, 0.3) is 0 Å². The lowest BCUT2D eigenvalue weighted by Gasteiger charge is -2.13. The smallest absolute Gasteiger partial charge is 0.160 e. The van der Waals surface area contributed by atoms with Gasteiger partial charge in [-0.15, -0.1) is 0 Å². The minimum atomic E-state index is 0.279. The van der Waals surface area contributed by atoms with Crippen molar-refractivity contribution in [1.29, 1.82) is 0 Å². The topological polar surface area (TPSA) is 41.1 Å². The molecule has 0 aliphatic heterocycles. The first-order valence-corrected chi connectivity index (χ1v) is 7.72. The number of para-hydroxylation sites is 1. The highest BCUT2D eigenvalue weighted by Crippen LogP contribution is 2.21. The van der Waals surface area contributed by atoms with E-state index in [4.69, 9.17) is 0 Å². The molecule has 1 aliphatic carbocycles. The van der Waals surface area contributed by atoms with Crippen LogP contribution in [0.5, 0.6) is 0 Å². The Kier molecular flexibility index (Phi) is 4.54. The van der Waals surface area contributed by atoms with E-state index >= 15 is 0 Å². The van der Waals surface area contributed by atoms with Crippen molar-refractivity contribution in [3.05, 3.63) is 66.4 Å². The fourth-order valence-electron chi connectivity index (χ4n) is 2.56. The van der Waals surface area contributed by atoms with E-state index in [9.17, 15) is 4.79 Å². The molecule has 3 rings (SSSR count). The zero-order valence-electron chi connectivity index (χ0n) is 12.5. The van der Waals surface area contributed by atoms with Crippen LogP contribution in [0.1, 0.15) is 25.7 Å². The lowest BCUT2D eigenvalue weighted by atomic mass is 9.94. The van der Waals surface area contributed by atoms with Gasteiger partial charge in [0, 0.05) is 35.3 Å². The van der Waals surface area contributed by atoms with Gasteiger partial charge in [0.25, 0.3) is 0 Å². The van der Waals surface area contributed by atoms with Gasteiger partial charge in [0.1, 0.15) is 0 Å². The molecule has 0 heterocycles. The molecule has 0 unspecified atom stereocenters. The van der Waals surface area contributed by atoms with E-state index in [1.165, 1.54) is 0 Å².